The number of morpholine rings is 1. The highest BCUT2D eigenvalue weighted by molar-refractivity contribution is 6.30. The second-order valence-electron chi connectivity index (χ2n) is 7.90. The summed E-state index contributed by atoms with van der Waals surface area (Å²) >= 11 is 6.15. The summed E-state index contributed by atoms with van der Waals surface area (Å²) in [5.41, 5.74) is 2.68. The lowest BCUT2D eigenvalue weighted by atomic mass is 10.1. The second kappa shape index (κ2) is 8.73. The number of halogens is 1. The molecule has 0 atom stereocenters. The summed E-state index contributed by atoms with van der Waals surface area (Å²) in [5.74, 6) is 0.918. The number of hydrogen-bond acceptors (Lipinski definition) is 5. The molecule has 1 aromatic heterocycles. The molecule has 0 spiro atoms. The van der Waals surface area contributed by atoms with Gasteiger partial charge in [-0.15, -0.1) is 0 Å². The molecule has 2 fully saturated rings. The van der Waals surface area contributed by atoms with Crippen LogP contribution in [0, 0.1) is 0 Å². The van der Waals surface area contributed by atoms with Gasteiger partial charge in [-0.25, -0.2) is 4.98 Å². The van der Waals surface area contributed by atoms with Crippen molar-refractivity contribution in [3.8, 4) is 0 Å². The smallest absolute Gasteiger partial charge is 0.254 e. The van der Waals surface area contributed by atoms with Gasteiger partial charge in [0.15, 0.2) is 0 Å². The van der Waals surface area contributed by atoms with Gasteiger partial charge in [-0.3, -0.25) is 4.79 Å². The van der Waals surface area contributed by atoms with E-state index in [0.717, 1.165) is 59.2 Å². The number of benzene rings is 2. The molecule has 0 N–H and O–H groups in total. The molecule has 0 unspecified atom stereocenters. The monoisotopic (exact) mass is 436 g/mol. The Bertz CT molecular complexity index is 1090. The summed E-state index contributed by atoms with van der Waals surface area (Å²) in [6.07, 6.45) is 0. The van der Waals surface area contributed by atoms with Crippen LogP contribution in [-0.2, 0) is 4.74 Å². The quantitative estimate of drug-likeness (QED) is 0.626. The first kappa shape index (κ1) is 20.1. The van der Waals surface area contributed by atoms with Crippen molar-refractivity contribution in [2.45, 2.75) is 0 Å². The minimum absolute atomic E-state index is 0.0684. The van der Waals surface area contributed by atoms with Crippen LogP contribution < -0.4 is 9.80 Å². The Hall–Kier alpha value is -2.83. The van der Waals surface area contributed by atoms with Gasteiger partial charge < -0.3 is 19.4 Å². The fourth-order valence-corrected chi connectivity index (χ4v) is 4.49. The third kappa shape index (κ3) is 4.18. The van der Waals surface area contributed by atoms with Crippen LogP contribution in [0.4, 0.5) is 11.5 Å². The Morgan fingerprint density at radius 3 is 2.42 bits per heavy atom. The van der Waals surface area contributed by atoms with Crippen molar-refractivity contribution in [2.75, 3.05) is 62.3 Å². The maximum atomic E-state index is 13.6. The van der Waals surface area contributed by atoms with Gasteiger partial charge in [0, 0.05) is 55.4 Å². The number of nitrogens with zero attached hydrogens (tertiary/aromatic N) is 4. The summed E-state index contributed by atoms with van der Waals surface area (Å²) < 4.78 is 5.48. The molecule has 7 heteroatoms. The fraction of sp³-hybridized carbons (Fsp3) is 0.333. The number of anilines is 2. The molecule has 0 aliphatic carbocycles. The number of piperazine rings is 1. The average Bonchev–Trinajstić information content (AvgIpc) is 2.83. The Morgan fingerprint density at radius 2 is 1.65 bits per heavy atom. The lowest BCUT2D eigenvalue weighted by Crippen LogP contribution is -2.49. The summed E-state index contributed by atoms with van der Waals surface area (Å²) in [6, 6.07) is 17.7. The normalized spacial score (nSPS) is 17.3. The summed E-state index contributed by atoms with van der Waals surface area (Å²) in [7, 11) is 0. The molecule has 1 amide bonds. The lowest BCUT2D eigenvalue weighted by molar-refractivity contribution is 0.0748. The van der Waals surface area contributed by atoms with Crippen molar-refractivity contribution in [1.82, 2.24) is 9.88 Å². The van der Waals surface area contributed by atoms with Crippen molar-refractivity contribution >= 4 is 39.9 Å². The van der Waals surface area contributed by atoms with Gasteiger partial charge in [-0.1, -0.05) is 35.9 Å². The van der Waals surface area contributed by atoms with E-state index in [2.05, 4.69) is 15.9 Å². The number of amides is 1. The van der Waals surface area contributed by atoms with Crippen LogP contribution >= 0.6 is 11.6 Å². The van der Waals surface area contributed by atoms with Crippen LogP contribution in [-0.4, -0.2) is 68.3 Å². The molecule has 2 aromatic carbocycles. The molecule has 3 heterocycles. The van der Waals surface area contributed by atoms with Crippen molar-refractivity contribution in [3.63, 3.8) is 0 Å². The molecule has 0 radical (unpaired) electrons. The van der Waals surface area contributed by atoms with Crippen molar-refractivity contribution in [2.24, 2.45) is 0 Å². The number of para-hydroxylation sites is 1. The predicted molar refractivity (Wildman–Crippen MR) is 124 cm³/mol. The van der Waals surface area contributed by atoms with E-state index in [1.54, 1.807) is 0 Å². The van der Waals surface area contributed by atoms with Crippen LogP contribution in [0.25, 0.3) is 10.9 Å². The van der Waals surface area contributed by atoms with Crippen molar-refractivity contribution in [3.05, 3.63) is 65.2 Å². The van der Waals surface area contributed by atoms with Crippen LogP contribution in [0.5, 0.6) is 0 Å². The molecule has 31 heavy (non-hydrogen) atoms. The van der Waals surface area contributed by atoms with E-state index >= 15 is 0 Å². The van der Waals surface area contributed by atoms with Gasteiger partial charge >= 0.3 is 0 Å². The highest BCUT2D eigenvalue weighted by Crippen LogP contribution is 2.26. The Morgan fingerprint density at radius 1 is 0.871 bits per heavy atom. The number of ether oxygens (including phenoxy) is 1. The lowest BCUT2D eigenvalue weighted by Gasteiger charge is -2.36. The second-order valence-corrected chi connectivity index (χ2v) is 8.34. The molecule has 2 aliphatic rings. The largest absolute Gasteiger partial charge is 0.378 e. The average molecular weight is 437 g/mol. The van der Waals surface area contributed by atoms with E-state index < -0.39 is 0 Å². The molecule has 0 saturated carbocycles. The Kier molecular flexibility index (Phi) is 5.66. The van der Waals surface area contributed by atoms with Crippen LogP contribution in [0.2, 0.25) is 5.02 Å². The maximum absolute atomic E-state index is 13.6. The third-order valence-electron chi connectivity index (χ3n) is 6.01. The molecule has 3 aromatic rings. The number of aromatic nitrogens is 1. The first-order valence-corrected chi connectivity index (χ1v) is 11.1. The van der Waals surface area contributed by atoms with Crippen molar-refractivity contribution in [1.29, 1.82) is 0 Å². The molecule has 160 valence electrons. The SMILES string of the molecule is O=C(c1cc(N2CCOCC2)nc2ccccc12)N1CCN(c2cccc(Cl)c2)CC1. The van der Waals surface area contributed by atoms with Gasteiger partial charge in [-0.2, -0.15) is 0 Å². The van der Waals surface area contributed by atoms with E-state index in [4.69, 9.17) is 21.3 Å². The minimum atomic E-state index is 0.0684. The molecular weight excluding hydrogens is 412 g/mol. The number of hydrogen-bond donors (Lipinski definition) is 0. The Balaban J connectivity index is 1.39. The summed E-state index contributed by atoms with van der Waals surface area (Å²) in [6.45, 7) is 5.86. The van der Waals surface area contributed by atoms with Gasteiger partial charge in [0.2, 0.25) is 0 Å². The number of rotatable bonds is 3. The predicted octanol–water partition coefficient (Wildman–Crippen LogP) is 3.69. The fourth-order valence-electron chi connectivity index (χ4n) is 4.30. The van der Waals surface area contributed by atoms with Crippen LogP contribution in [0.1, 0.15) is 10.4 Å². The molecule has 2 aliphatic heterocycles. The first-order valence-electron chi connectivity index (χ1n) is 10.7. The number of fused-ring (bicyclic) bond motifs is 1. The van der Waals surface area contributed by atoms with E-state index in [0.29, 0.717) is 26.3 Å². The molecule has 6 nitrogen and oxygen atoms in total. The van der Waals surface area contributed by atoms with E-state index in [-0.39, 0.29) is 5.91 Å². The highest BCUT2D eigenvalue weighted by atomic mass is 35.5. The summed E-state index contributed by atoms with van der Waals surface area (Å²) in [4.78, 5) is 24.8. The highest BCUT2D eigenvalue weighted by Gasteiger charge is 2.25. The summed E-state index contributed by atoms with van der Waals surface area (Å²) in [5, 5.41) is 1.64. The zero-order valence-electron chi connectivity index (χ0n) is 17.3. The van der Waals surface area contributed by atoms with Crippen LogP contribution in [0.3, 0.4) is 0 Å². The van der Waals surface area contributed by atoms with E-state index in [1.165, 1.54) is 0 Å². The van der Waals surface area contributed by atoms with Gasteiger partial charge in [-0.05, 0) is 30.3 Å². The number of carbonyl (C=O) groups excluding carboxylic acids is 1. The molecule has 5 rings (SSSR count). The minimum Gasteiger partial charge on any atom is -0.378 e. The van der Waals surface area contributed by atoms with Gasteiger partial charge in [0.25, 0.3) is 5.91 Å². The third-order valence-corrected chi connectivity index (χ3v) is 6.24. The van der Waals surface area contributed by atoms with Gasteiger partial charge in [0.1, 0.15) is 5.82 Å². The Labute approximate surface area is 187 Å². The maximum Gasteiger partial charge on any atom is 0.254 e. The van der Waals surface area contributed by atoms with Crippen molar-refractivity contribution < 1.29 is 9.53 Å². The number of carbonyl (C=O) groups is 1. The zero-order valence-corrected chi connectivity index (χ0v) is 18.1. The van der Waals surface area contributed by atoms with Gasteiger partial charge in [0.05, 0.1) is 24.3 Å². The first-order chi connectivity index (χ1) is 15.2. The topological polar surface area (TPSA) is 48.9 Å². The molecule has 2 saturated heterocycles. The van der Waals surface area contributed by atoms with E-state index in [9.17, 15) is 4.79 Å². The van der Waals surface area contributed by atoms with E-state index in [1.807, 2.05) is 53.4 Å². The number of pyridine rings is 1. The molecule has 0 bridgehead atoms. The van der Waals surface area contributed by atoms with Crippen LogP contribution in [0.15, 0.2) is 54.6 Å². The molecular formula is C24H25ClN4O2. The zero-order chi connectivity index (χ0) is 21.2. The standard InChI is InChI=1S/C24H25ClN4O2/c25-18-4-3-5-19(16-18)27-8-10-29(11-9-27)24(30)21-17-23(28-12-14-31-15-13-28)26-22-7-2-1-6-20(21)22/h1-7,16-17H,8-15H2.